The molecule has 116 valence electrons. The third-order valence-corrected chi connectivity index (χ3v) is 6.50. The van der Waals surface area contributed by atoms with Crippen molar-refractivity contribution < 1.29 is 18.3 Å². The van der Waals surface area contributed by atoms with Gasteiger partial charge in [-0.1, -0.05) is 18.2 Å². The zero-order chi connectivity index (χ0) is 15.8. The van der Waals surface area contributed by atoms with E-state index in [1.54, 1.807) is 25.7 Å². The fraction of sp³-hybridized carbons (Fsp3) is 0.533. The molecule has 0 aromatic heterocycles. The molecular weight excluding hydrogens is 290 g/mol. The predicted molar refractivity (Wildman–Crippen MR) is 82.5 cm³/mol. The number of aliphatic carboxylic acids is 1. The zero-order valence-corrected chi connectivity index (χ0v) is 13.4. The third-order valence-electron chi connectivity index (χ3n) is 3.91. The van der Waals surface area contributed by atoms with Crippen LogP contribution in [0.4, 0.5) is 5.69 Å². The molecule has 0 saturated heterocycles. The number of carbonyl (C=O) groups is 1. The molecule has 1 heterocycles. The largest absolute Gasteiger partial charge is 0.480 e. The minimum absolute atomic E-state index is 0.0470. The second-order valence-electron chi connectivity index (χ2n) is 6.31. The molecule has 1 atom stereocenters. The summed E-state index contributed by atoms with van der Waals surface area (Å²) < 4.78 is 23.6. The number of nitrogens with zero attached hydrogens (tertiary/aromatic N) is 1. The molecule has 0 amide bonds. The van der Waals surface area contributed by atoms with Crippen LogP contribution in [0, 0.1) is 0 Å². The number of anilines is 1. The third kappa shape index (κ3) is 3.05. The maximum absolute atomic E-state index is 12.2. The van der Waals surface area contributed by atoms with Gasteiger partial charge in [0.2, 0.25) is 0 Å². The fourth-order valence-corrected chi connectivity index (χ4v) is 3.52. The highest BCUT2D eigenvalue weighted by Gasteiger charge is 2.36. The summed E-state index contributed by atoms with van der Waals surface area (Å²) in [7, 11) is -3.27. The van der Waals surface area contributed by atoms with E-state index in [0.717, 1.165) is 11.3 Å². The molecule has 6 heteroatoms. The molecule has 0 spiro atoms. The lowest BCUT2D eigenvalue weighted by Gasteiger charge is -2.27. The number of rotatable bonds is 4. The van der Waals surface area contributed by atoms with E-state index in [1.807, 2.05) is 24.3 Å². The molecule has 0 bridgehead atoms. The molecule has 0 saturated carbocycles. The first-order valence-corrected chi connectivity index (χ1v) is 8.58. The van der Waals surface area contributed by atoms with Gasteiger partial charge in [0.05, 0.1) is 10.5 Å². The maximum Gasteiger partial charge on any atom is 0.326 e. The van der Waals surface area contributed by atoms with Crippen molar-refractivity contribution >= 4 is 21.5 Å². The molecule has 1 N–H and O–H groups in total. The van der Waals surface area contributed by atoms with Gasteiger partial charge in [0, 0.05) is 18.7 Å². The summed E-state index contributed by atoms with van der Waals surface area (Å²) in [6.45, 7) is 5.19. The van der Waals surface area contributed by atoms with E-state index in [9.17, 15) is 18.3 Å². The van der Waals surface area contributed by atoms with Crippen LogP contribution in [0.5, 0.6) is 0 Å². The van der Waals surface area contributed by atoms with Crippen molar-refractivity contribution in [2.45, 2.75) is 38.0 Å². The van der Waals surface area contributed by atoms with Crippen LogP contribution >= 0.6 is 0 Å². The Bertz CT molecular complexity index is 646. The van der Waals surface area contributed by atoms with Crippen LogP contribution in [0.3, 0.4) is 0 Å². The van der Waals surface area contributed by atoms with E-state index in [0.29, 0.717) is 6.42 Å². The quantitative estimate of drug-likeness (QED) is 0.916. The standard InChI is InChI=1S/C15H21NO4S/c1-15(2,3)21(19,20)9-8-16-12-7-5-4-6-11(12)10-13(16)14(17)18/h4-7,13H,8-10H2,1-3H3,(H,17,18). The molecule has 1 unspecified atom stereocenters. The first-order valence-electron chi connectivity index (χ1n) is 6.93. The minimum atomic E-state index is -3.27. The van der Waals surface area contributed by atoms with Crippen molar-refractivity contribution in [3.05, 3.63) is 29.8 Å². The van der Waals surface area contributed by atoms with Crippen molar-refractivity contribution in [3.63, 3.8) is 0 Å². The molecule has 1 aromatic carbocycles. The van der Waals surface area contributed by atoms with Crippen molar-refractivity contribution in [1.29, 1.82) is 0 Å². The topological polar surface area (TPSA) is 74.7 Å². The minimum Gasteiger partial charge on any atom is -0.480 e. The second kappa shape index (κ2) is 5.33. The van der Waals surface area contributed by atoms with Crippen LogP contribution in [0.1, 0.15) is 26.3 Å². The number of para-hydroxylation sites is 1. The van der Waals surface area contributed by atoms with Crippen molar-refractivity contribution in [2.75, 3.05) is 17.2 Å². The summed E-state index contributed by atoms with van der Waals surface area (Å²) in [5.41, 5.74) is 1.78. The van der Waals surface area contributed by atoms with Crippen molar-refractivity contribution in [3.8, 4) is 0 Å². The van der Waals surface area contributed by atoms with Crippen LogP contribution in [0.15, 0.2) is 24.3 Å². The predicted octanol–water partition coefficient (Wildman–Crippen LogP) is 1.72. The van der Waals surface area contributed by atoms with E-state index in [4.69, 9.17) is 0 Å². The van der Waals surface area contributed by atoms with Crippen molar-refractivity contribution in [2.24, 2.45) is 0 Å². The van der Waals surface area contributed by atoms with Crippen LogP contribution in [0.2, 0.25) is 0 Å². The average molecular weight is 311 g/mol. The van der Waals surface area contributed by atoms with Crippen LogP contribution in [0.25, 0.3) is 0 Å². The fourth-order valence-electron chi connectivity index (χ4n) is 2.47. The van der Waals surface area contributed by atoms with Crippen LogP contribution in [-0.2, 0) is 21.1 Å². The summed E-state index contributed by atoms with van der Waals surface area (Å²) in [5.74, 6) is -0.964. The molecular formula is C15H21NO4S. The maximum atomic E-state index is 12.2. The van der Waals surface area contributed by atoms with Gasteiger partial charge in [0.25, 0.3) is 0 Å². The first-order chi connectivity index (χ1) is 9.63. The molecule has 0 radical (unpaired) electrons. The Morgan fingerprint density at radius 1 is 1.33 bits per heavy atom. The van der Waals surface area contributed by atoms with Crippen molar-refractivity contribution in [1.82, 2.24) is 0 Å². The average Bonchev–Trinajstić information content (AvgIpc) is 2.74. The van der Waals surface area contributed by atoms with E-state index in [1.165, 1.54) is 0 Å². The van der Waals surface area contributed by atoms with Gasteiger partial charge < -0.3 is 10.0 Å². The van der Waals surface area contributed by atoms with Gasteiger partial charge >= 0.3 is 5.97 Å². The summed E-state index contributed by atoms with van der Waals surface area (Å²) in [4.78, 5) is 13.1. The van der Waals surface area contributed by atoms with Gasteiger partial charge in [0.15, 0.2) is 9.84 Å². The van der Waals surface area contributed by atoms with E-state index in [2.05, 4.69) is 0 Å². The number of hydrogen-bond donors (Lipinski definition) is 1. The highest BCUT2D eigenvalue weighted by molar-refractivity contribution is 7.92. The number of carboxylic acid groups (broad SMARTS) is 1. The van der Waals surface area contributed by atoms with Crippen LogP contribution in [-0.4, -0.2) is 42.6 Å². The number of benzene rings is 1. The zero-order valence-electron chi connectivity index (χ0n) is 12.5. The highest BCUT2D eigenvalue weighted by Crippen LogP contribution is 2.32. The normalized spacial score (nSPS) is 18.6. The van der Waals surface area contributed by atoms with E-state index < -0.39 is 26.6 Å². The molecule has 21 heavy (non-hydrogen) atoms. The molecule has 1 aliphatic heterocycles. The van der Waals surface area contributed by atoms with E-state index >= 15 is 0 Å². The molecule has 1 aliphatic rings. The number of sulfone groups is 1. The van der Waals surface area contributed by atoms with Gasteiger partial charge in [-0.25, -0.2) is 13.2 Å². The molecule has 1 aromatic rings. The highest BCUT2D eigenvalue weighted by atomic mass is 32.2. The summed E-state index contributed by atoms with van der Waals surface area (Å²) in [5, 5.41) is 9.35. The Morgan fingerprint density at radius 3 is 2.52 bits per heavy atom. The van der Waals surface area contributed by atoms with E-state index in [-0.39, 0.29) is 12.3 Å². The van der Waals surface area contributed by atoms with Gasteiger partial charge in [-0.3, -0.25) is 0 Å². The Labute approximate surface area is 125 Å². The molecule has 2 rings (SSSR count). The summed E-state index contributed by atoms with van der Waals surface area (Å²) in [6, 6.07) is 6.77. The Balaban J connectivity index is 2.23. The summed E-state index contributed by atoms with van der Waals surface area (Å²) in [6.07, 6.45) is 0.418. The van der Waals surface area contributed by atoms with Gasteiger partial charge in [-0.15, -0.1) is 0 Å². The molecule has 0 aliphatic carbocycles. The number of fused-ring (bicyclic) bond motifs is 1. The van der Waals surface area contributed by atoms with Gasteiger partial charge in [-0.05, 0) is 32.4 Å². The lowest BCUT2D eigenvalue weighted by molar-refractivity contribution is -0.138. The lowest BCUT2D eigenvalue weighted by Crippen LogP contribution is -2.43. The van der Waals surface area contributed by atoms with Gasteiger partial charge in [-0.2, -0.15) is 0 Å². The monoisotopic (exact) mass is 311 g/mol. The Kier molecular flexibility index (Phi) is 4.02. The Hall–Kier alpha value is -1.56. The SMILES string of the molecule is CC(C)(C)S(=O)(=O)CCN1c2ccccc2CC1C(=O)O. The summed E-state index contributed by atoms with van der Waals surface area (Å²) >= 11 is 0. The van der Waals surface area contributed by atoms with Gasteiger partial charge in [0.1, 0.15) is 6.04 Å². The number of carboxylic acids is 1. The molecule has 0 fully saturated rings. The molecule has 5 nitrogen and oxygen atoms in total. The smallest absolute Gasteiger partial charge is 0.326 e. The number of hydrogen-bond acceptors (Lipinski definition) is 4. The lowest BCUT2D eigenvalue weighted by atomic mass is 10.1. The van der Waals surface area contributed by atoms with Crippen LogP contribution < -0.4 is 4.90 Å². The Morgan fingerprint density at radius 2 is 1.95 bits per heavy atom. The second-order valence-corrected chi connectivity index (χ2v) is 9.17. The first kappa shape index (κ1) is 15.8.